The van der Waals surface area contributed by atoms with Crippen LogP contribution in [-0.2, 0) is 60.8 Å². The van der Waals surface area contributed by atoms with Gasteiger partial charge in [-0.1, -0.05) is 54.6 Å². The van der Waals surface area contributed by atoms with Gasteiger partial charge in [-0.3, -0.25) is 82.6 Å². The first kappa shape index (κ1) is 73.4. The number of fused-ring (bicyclic) bond motifs is 1. The van der Waals surface area contributed by atoms with Gasteiger partial charge >= 0.3 is 17.9 Å². The summed E-state index contributed by atoms with van der Waals surface area (Å²) in [7, 11) is 1.45. The highest BCUT2D eigenvalue weighted by molar-refractivity contribution is 5.97. The lowest BCUT2D eigenvalue weighted by Crippen LogP contribution is -2.68. The summed E-state index contributed by atoms with van der Waals surface area (Å²) in [6.07, 6.45) is 1.53. The van der Waals surface area contributed by atoms with Crippen LogP contribution in [0.15, 0.2) is 91.0 Å². The third-order valence-corrected chi connectivity index (χ3v) is 16.2. The van der Waals surface area contributed by atoms with Crippen LogP contribution in [-0.4, -0.2) is 252 Å². The van der Waals surface area contributed by atoms with Crippen molar-refractivity contribution < 1.29 is 73.2 Å². The first-order valence-electron chi connectivity index (χ1n) is 31.2. The van der Waals surface area contributed by atoms with E-state index in [2.05, 4.69) is 42.5 Å². The fourth-order valence-electron chi connectivity index (χ4n) is 11.1. The van der Waals surface area contributed by atoms with E-state index in [1.54, 1.807) is 39.0 Å². The molecule has 0 aliphatic carbocycles. The minimum atomic E-state index is -1.97. The van der Waals surface area contributed by atoms with Gasteiger partial charge in [-0.2, -0.15) is 0 Å². The van der Waals surface area contributed by atoms with Crippen LogP contribution < -0.4 is 48.3 Å². The predicted molar refractivity (Wildman–Crippen MR) is 346 cm³/mol. The summed E-state index contributed by atoms with van der Waals surface area (Å²) in [6.45, 7) is 0.901. The topological polar surface area (TPSA) is 431 Å². The summed E-state index contributed by atoms with van der Waals surface area (Å²) in [6, 6.07) is 21.4. The van der Waals surface area contributed by atoms with Gasteiger partial charge in [0.15, 0.2) is 17.9 Å². The van der Waals surface area contributed by atoms with E-state index in [9.17, 15) is 73.2 Å². The summed E-state index contributed by atoms with van der Waals surface area (Å²) in [5, 5.41) is 70.2. The van der Waals surface area contributed by atoms with Crippen LogP contribution in [0.2, 0.25) is 0 Å². The molecule has 2 aliphatic heterocycles. The van der Waals surface area contributed by atoms with Crippen LogP contribution >= 0.6 is 0 Å². The lowest BCUT2D eigenvalue weighted by molar-refractivity contribution is -0.141. The van der Waals surface area contributed by atoms with E-state index in [4.69, 9.17) is 11.1 Å². The van der Waals surface area contributed by atoms with Crippen molar-refractivity contribution in [2.24, 2.45) is 5.73 Å². The number of nitrogens with zero attached hydrogens (tertiary/aromatic N) is 5. The summed E-state index contributed by atoms with van der Waals surface area (Å²) in [5.41, 5.74) is 5.37. The third-order valence-electron chi connectivity index (χ3n) is 16.2. The standard InChI is InChI=1S/C64H87N15O15/c1-75-52(62(94)72-50(10-6-25-69-63(65)66)61(93)73-51(35-44-13-16-45-8-2-3-9-47(45)34-44)60(92)70-37-54(83)74-64(75,42-80)36-43-14-21-49(81)22-15-43)11-7-24-68-59(91)46-17-19-48(20-18-46)71-53(82)12-4-5-23-67-55(84)38-76-26-28-77(39-56(85)86)30-32-79(41-58(89)90)33-31-78(29-27-76)40-57(87)88/h2-3,8-9,13-22,34,42,50-52,81H,4-7,10-12,23-33,35-41H2,1H3,(H,67,84)(H,68,91)(H,70,92)(H,71,82)(H,72,94)(H,73,93)(H,74,83)(H,85,86)(H,87,88)(H,89,90)(H4,65,66,69)/t50-,51-,52+,64+/m0/s1. The van der Waals surface area contributed by atoms with Gasteiger partial charge in [-0.05, 0) is 104 Å². The van der Waals surface area contributed by atoms with E-state index < -0.39 is 77.8 Å². The highest BCUT2D eigenvalue weighted by atomic mass is 16.4. The van der Waals surface area contributed by atoms with Crippen molar-refractivity contribution in [2.75, 3.05) is 117 Å². The average molecular weight is 1310 g/mol. The lowest BCUT2D eigenvalue weighted by Gasteiger charge is -2.42. The van der Waals surface area contributed by atoms with Crippen molar-refractivity contribution in [3.63, 3.8) is 0 Å². The molecule has 0 bridgehead atoms. The van der Waals surface area contributed by atoms with Crippen molar-refractivity contribution in [1.29, 1.82) is 5.41 Å². The number of phenolic OH excluding ortho intramolecular Hbond substituents is 1. The Morgan fingerprint density at radius 2 is 1.16 bits per heavy atom. The number of rotatable bonds is 28. The molecule has 30 nitrogen and oxygen atoms in total. The molecule has 30 heteroatoms. The summed E-state index contributed by atoms with van der Waals surface area (Å²) < 4.78 is 0. The van der Waals surface area contributed by atoms with Crippen LogP contribution in [0.1, 0.15) is 66.4 Å². The first-order chi connectivity index (χ1) is 45.0. The molecule has 0 unspecified atom stereocenters. The number of amides is 7. The maximum atomic E-state index is 14.9. The van der Waals surface area contributed by atoms with E-state index in [-0.39, 0.29) is 172 Å². The fourth-order valence-corrected chi connectivity index (χ4v) is 11.1. The largest absolute Gasteiger partial charge is 0.508 e. The second-order valence-electron chi connectivity index (χ2n) is 23.4. The van der Waals surface area contributed by atoms with Crippen LogP contribution in [0, 0.1) is 5.41 Å². The number of carboxylic acids is 3. The Bertz CT molecular complexity index is 3250. The maximum Gasteiger partial charge on any atom is 0.317 e. The molecule has 4 aromatic rings. The number of phenols is 1. The second-order valence-corrected chi connectivity index (χ2v) is 23.4. The predicted octanol–water partition coefficient (Wildman–Crippen LogP) is -1.08. The van der Waals surface area contributed by atoms with Crippen molar-refractivity contribution in [3.05, 3.63) is 108 Å². The van der Waals surface area contributed by atoms with E-state index in [0.29, 0.717) is 35.9 Å². The third kappa shape index (κ3) is 24.8. The van der Waals surface area contributed by atoms with E-state index in [1.165, 1.54) is 36.2 Å². The molecular formula is C64H87N15O15. The van der Waals surface area contributed by atoms with Gasteiger partial charge < -0.3 is 68.7 Å². The van der Waals surface area contributed by atoms with E-state index in [0.717, 1.165) is 10.8 Å². The minimum Gasteiger partial charge on any atom is -0.508 e. The zero-order valence-corrected chi connectivity index (χ0v) is 52.7. The number of hydrogen-bond acceptors (Lipinski definition) is 18. The monoisotopic (exact) mass is 1310 g/mol. The number of likely N-dealkylation sites (N-methyl/N-ethyl adjacent to an activating group) is 1. The molecule has 2 fully saturated rings. The quantitative estimate of drug-likeness (QED) is 0.0139. The van der Waals surface area contributed by atoms with Crippen LogP contribution in [0.3, 0.4) is 0 Å². The number of unbranched alkanes of at least 4 members (excludes halogenated alkanes) is 1. The highest BCUT2D eigenvalue weighted by Crippen LogP contribution is 2.24. The van der Waals surface area contributed by atoms with Crippen LogP contribution in [0.4, 0.5) is 5.69 Å². The van der Waals surface area contributed by atoms with Gasteiger partial charge in [0.05, 0.1) is 38.8 Å². The summed E-state index contributed by atoms with van der Waals surface area (Å²) in [4.78, 5) is 154. The fraction of sp³-hybridized carbons (Fsp3) is 0.469. The number of anilines is 1. The van der Waals surface area contributed by atoms with Gasteiger partial charge in [-0.15, -0.1) is 0 Å². The van der Waals surface area contributed by atoms with Crippen molar-refractivity contribution in [2.45, 2.75) is 81.6 Å². The van der Waals surface area contributed by atoms with Crippen molar-refractivity contribution in [1.82, 2.24) is 61.7 Å². The summed E-state index contributed by atoms with van der Waals surface area (Å²) in [5.74, 6) is -7.65. The molecule has 0 spiro atoms. The molecule has 0 aromatic heterocycles. The number of carboxylic acid groups (broad SMARTS) is 3. The van der Waals surface area contributed by atoms with Crippen molar-refractivity contribution in [3.8, 4) is 5.75 Å². The number of nitrogens with two attached hydrogens (primary N) is 1. The molecule has 0 radical (unpaired) electrons. The molecule has 7 amide bonds. The Morgan fingerprint density at radius 1 is 0.617 bits per heavy atom. The second kappa shape index (κ2) is 37.2. The molecule has 6 rings (SSSR count). The zero-order valence-electron chi connectivity index (χ0n) is 52.7. The minimum absolute atomic E-state index is 0.00372. The Morgan fingerprint density at radius 3 is 1.74 bits per heavy atom. The van der Waals surface area contributed by atoms with Crippen LogP contribution in [0.5, 0.6) is 5.75 Å². The number of hydrogen-bond donors (Lipinski definition) is 14. The Hall–Kier alpha value is -9.62. The molecule has 2 heterocycles. The molecule has 0 saturated carbocycles. The van der Waals surface area contributed by atoms with Crippen LogP contribution in [0.25, 0.3) is 10.8 Å². The lowest BCUT2D eigenvalue weighted by atomic mass is 9.95. The molecule has 4 aromatic carbocycles. The number of nitrogens with one attached hydrogen (secondary N) is 9. The first-order valence-corrected chi connectivity index (χ1v) is 31.2. The smallest absolute Gasteiger partial charge is 0.317 e. The Labute approximate surface area is 544 Å². The molecule has 2 saturated heterocycles. The average Bonchev–Trinajstić information content (AvgIpc) is 0.810. The van der Waals surface area contributed by atoms with Gasteiger partial charge in [0.1, 0.15) is 17.8 Å². The number of guanidine groups is 1. The van der Waals surface area contributed by atoms with Gasteiger partial charge in [0.25, 0.3) is 5.91 Å². The van der Waals surface area contributed by atoms with E-state index >= 15 is 0 Å². The maximum absolute atomic E-state index is 14.9. The normalized spacial score (nSPS) is 19.7. The summed E-state index contributed by atoms with van der Waals surface area (Å²) >= 11 is 0. The Balaban J connectivity index is 1.05. The number of carbonyl (C=O) groups is 11. The molecule has 2 aliphatic rings. The molecule has 4 atom stereocenters. The number of benzene rings is 4. The molecule has 94 heavy (non-hydrogen) atoms. The van der Waals surface area contributed by atoms with Crippen molar-refractivity contribution >= 4 is 88.0 Å². The van der Waals surface area contributed by atoms with E-state index in [1.807, 2.05) is 47.4 Å². The highest BCUT2D eigenvalue weighted by Gasteiger charge is 2.43. The molecular weight excluding hydrogens is 1220 g/mol. The zero-order chi connectivity index (χ0) is 68.2. The Kier molecular flexibility index (Phi) is 29.0. The molecule has 508 valence electrons. The van der Waals surface area contributed by atoms with Gasteiger partial charge in [-0.25, -0.2) is 0 Å². The molecule has 15 N–H and O–H groups in total. The number of aliphatic carboxylic acids is 3. The van der Waals surface area contributed by atoms with Gasteiger partial charge in [0, 0.05) is 103 Å². The number of aldehydes is 1. The number of carbonyl (C=O) groups excluding carboxylic acids is 8. The van der Waals surface area contributed by atoms with Gasteiger partial charge in [0.2, 0.25) is 35.4 Å². The number of aromatic hydroxyl groups is 1. The SMILES string of the molecule is CN1[C@H](CCCNC(=O)c2ccc(NC(=O)CCCCNC(=O)CN3CCN(CC(=O)O)CCN(CC(=O)O)CCN(CC(=O)O)CC3)cc2)C(=O)N[C@@H](CCCNC(=N)N)C(=O)N[C@@H](Cc2ccc3ccccc3c2)C(=O)NCC(=O)N[C@]1(C=O)Cc1ccc(O)cc1.